The molecule has 1 aliphatic heterocycles. The fraction of sp³-hybridized carbons (Fsp3) is 0.583. The van der Waals surface area contributed by atoms with Crippen molar-refractivity contribution in [2.75, 3.05) is 33.2 Å². The Morgan fingerprint density at radius 1 is 1.03 bits per heavy atom. The Labute approximate surface area is 188 Å². The summed E-state index contributed by atoms with van der Waals surface area (Å²) in [5.41, 5.74) is 3.85. The summed E-state index contributed by atoms with van der Waals surface area (Å²) in [6.07, 6.45) is 5.88. The van der Waals surface area contributed by atoms with Crippen molar-refractivity contribution < 1.29 is 0 Å². The van der Waals surface area contributed by atoms with Gasteiger partial charge >= 0.3 is 0 Å². The number of aromatic amines is 1. The molecule has 0 unspecified atom stereocenters. The van der Waals surface area contributed by atoms with Crippen molar-refractivity contribution in [1.29, 1.82) is 0 Å². The third-order valence-electron chi connectivity index (χ3n) is 7.35. The maximum atomic E-state index is 13.5. The van der Waals surface area contributed by atoms with E-state index in [4.69, 9.17) is 0 Å². The van der Waals surface area contributed by atoms with Gasteiger partial charge in [-0.1, -0.05) is 31.4 Å². The summed E-state index contributed by atoms with van der Waals surface area (Å²) in [6, 6.07) is 6.33. The number of pyridine rings is 1. The highest BCUT2D eigenvalue weighted by Crippen LogP contribution is 2.33. The molecule has 1 atom stereocenters. The highest BCUT2D eigenvalue weighted by molar-refractivity contribution is 5.85. The number of rotatable bonds is 4. The van der Waals surface area contributed by atoms with Crippen LogP contribution in [0.2, 0.25) is 0 Å². The quantitative estimate of drug-likeness (QED) is 0.678. The summed E-state index contributed by atoms with van der Waals surface area (Å²) < 4.78 is 2.02. The van der Waals surface area contributed by atoms with Gasteiger partial charge in [0.05, 0.1) is 11.6 Å². The molecule has 32 heavy (non-hydrogen) atoms. The molecule has 0 spiro atoms. The predicted molar refractivity (Wildman–Crippen MR) is 125 cm³/mol. The summed E-state index contributed by atoms with van der Waals surface area (Å²) in [5.74, 6) is 0.802. The van der Waals surface area contributed by atoms with Crippen molar-refractivity contribution in [2.24, 2.45) is 0 Å². The van der Waals surface area contributed by atoms with Crippen LogP contribution >= 0.6 is 0 Å². The summed E-state index contributed by atoms with van der Waals surface area (Å²) in [6.45, 7) is 7.82. The molecule has 1 saturated carbocycles. The van der Waals surface area contributed by atoms with Gasteiger partial charge in [0.25, 0.3) is 5.56 Å². The standard InChI is InChI=1S/C24H33N7O/c1-16-9-10-17(2)21-19(16)15-20(24(32)25-21)22(30-13-11-29(3)12-14-30)23-26-27-28-31(23)18-7-5-4-6-8-18/h9-10,15,18,22H,4-8,11-14H2,1-3H3,(H,25,32)/t22-/m0/s1. The fourth-order valence-corrected chi connectivity index (χ4v) is 5.34. The molecule has 1 aromatic carbocycles. The van der Waals surface area contributed by atoms with E-state index in [-0.39, 0.29) is 11.6 Å². The van der Waals surface area contributed by atoms with Crippen LogP contribution in [-0.2, 0) is 0 Å². The number of fused-ring (bicyclic) bond motifs is 1. The lowest BCUT2D eigenvalue weighted by Gasteiger charge is -2.37. The third kappa shape index (κ3) is 3.86. The third-order valence-corrected chi connectivity index (χ3v) is 7.35. The van der Waals surface area contributed by atoms with Crippen molar-refractivity contribution in [2.45, 2.75) is 58.0 Å². The molecule has 1 N–H and O–H groups in total. The van der Waals surface area contributed by atoms with Gasteiger partial charge in [0.1, 0.15) is 6.04 Å². The second-order valence-corrected chi connectivity index (χ2v) is 9.56. The Morgan fingerprint density at radius 3 is 2.50 bits per heavy atom. The maximum Gasteiger partial charge on any atom is 0.253 e. The van der Waals surface area contributed by atoms with E-state index in [1.165, 1.54) is 19.3 Å². The number of hydrogen-bond acceptors (Lipinski definition) is 6. The first-order valence-corrected chi connectivity index (χ1v) is 11.9. The first kappa shape index (κ1) is 21.3. The molecule has 8 nitrogen and oxygen atoms in total. The Hall–Kier alpha value is -2.58. The smallest absolute Gasteiger partial charge is 0.253 e. The second-order valence-electron chi connectivity index (χ2n) is 9.56. The van der Waals surface area contributed by atoms with Crippen LogP contribution in [0.3, 0.4) is 0 Å². The van der Waals surface area contributed by atoms with E-state index in [0.29, 0.717) is 6.04 Å². The van der Waals surface area contributed by atoms with E-state index in [1.54, 1.807) is 0 Å². The lowest BCUT2D eigenvalue weighted by atomic mass is 9.94. The summed E-state index contributed by atoms with van der Waals surface area (Å²) in [5, 5.41) is 14.1. The normalized spacial score (nSPS) is 20.1. The molecule has 3 heterocycles. The zero-order valence-electron chi connectivity index (χ0n) is 19.3. The number of aromatic nitrogens is 5. The number of piperazine rings is 1. The monoisotopic (exact) mass is 435 g/mol. The molecular weight excluding hydrogens is 402 g/mol. The SMILES string of the molecule is Cc1ccc(C)c2[nH]c(=O)c([C@@H](c3nnnn3C3CCCCC3)N3CCN(C)CC3)cc12. The number of benzene rings is 1. The van der Waals surface area contributed by atoms with E-state index in [2.05, 4.69) is 62.5 Å². The molecule has 1 aliphatic carbocycles. The molecule has 8 heteroatoms. The van der Waals surface area contributed by atoms with Gasteiger partial charge in [-0.2, -0.15) is 0 Å². The highest BCUT2D eigenvalue weighted by Gasteiger charge is 2.34. The average Bonchev–Trinajstić information content (AvgIpc) is 3.28. The first-order valence-electron chi connectivity index (χ1n) is 11.9. The van der Waals surface area contributed by atoms with Gasteiger partial charge < -0.3 is 9.88 Å². The molecule has 5 rings (SSSR count). The highest BCUT2D eigenvalue weighted by atomic mass is 16.1. The number of nitrogens with one attached hydrogen (secondary N) is 1. The minimum absolute atomic E-state index is 0.0478. The second kappa shape index (κ2) is 8.75. The fourth-order valence-electron chi connectivity index (χ4n) is 5.34. The minimum Gasteiger partial charge on any atom is -0.321 e. The van der Waals surface area contributed by atoms with Crippen molar-refractivity contribution in [1.82, 2.24) is 35.0 Å². The van der Waals surface area contributed by atoms with Crippen molar-refractivity contribution in [3.8, 4) is 0 Å². The molecule has 2 fully saturated rings. The van der Waals surface area contributed by atoms with Gasteiger partial charge in [0, 0.05) is 37.1 Å². The van der Waals surface area contributed by atoms with E-state index < -0.39 is 0 Å². The van der Waals surface area contributed by atoms with Crippen LogP contribution in [0.25, 0.3) is 10.9 Å². The molecule has 170 valence electrons. The van der Waals surface area contributed by atoms with E-state index in [9.17, 15) is 4.79 Å². The topological polar surface area (TPSA) is 82.9 Å². The zero-order chi connectivity index (χ0) is 22.2. The first-order chi connectivity index (χ1) is 15.5. The lowest BCUT2D eigenvalue weighted by Crippen LogP contribution is -2.47. The van der Waals surface area contributed by atoms with Gasteiger partial charge in [0.15, 0.2) is 5.82 Å². The van der Waals surface area contributed by atoms with E-state index in [1.807, 2.05) is 11.6 Å². The van der Waals surface area contributed by atoms with Crippen LogP contribution in [0, 0.1) is 13.8 Å². The van der Waals surface area contributed by atoms with Crippen LogP contribution in [0.5, 0.6) is 0 Å². The number of tetrazole rings is 1. The molecule has 3 aromatic rings. The number of aryl methyl sites for hydroxylation is 2. The van der Waals surface area contributed by atoms with E-state index in [0.717, 1.165) is 72.4 Å². The molecule has 2 aliphatic rings. The van der Waals surface area contributed by atoms with Gasteiger partial charge in [-0.05, 0) is 61.4 Å². The Morgan fingerprint density at radius 2 is 1.75 bits per heavy atom. The summed E-state index contributed by atoms with van der Waals surface area (Å²) in [4.78, 5) is 21.4. The molecular formula is C24H33N7O. The summed E-state index contributed by atoms with van der Waals surface area (Å²) in [7, 11) is 2.15. The van der Waals surface area contributed by atoms with Crippen LogP contribution in [0.15, 0.2) is 23.0 Å². The van der Waals surface area contributed by atoms with Crippen LogP contribution < -0.4 is 5.56 Å². The summed E-state index contributed by atoms with van der Waals surface area (Å²) >= 11 is 0. The predicted octanol–water partition coefficient (Wildman–Crippen LogP) is 2.97. The molecule has 2 aromatic heterocycles. The Bertz CT molecular complexity index is 1150. The molecule has 0 radical (unpaired) electrons. The minimum atomic E-state index is -0.256. The zero-order valence-corrected chi connectivity index (χ0v) is 19.3. The Balaban J connectivity index is 1.65. The van der Waals surface area contributed by atoms with Gasteiger partial charge in [-0.25, -0.2) is 4.68 Å². The van der Waals surface area contributed by atoms with Crippen LogP contribution in [0.4, 0.5) is 0 Å². The van der Waals surface area contributed by atoms with Gasteiger partial charge in [0.2, 0.25) is 0 Å². The molecule has 0 amide bonds. The van der Waals surface area contributed by atoms with Crippen LogP contribution in [0.1, 0.15) is 66.7 Å². The van der Waals surface area contributed by atoms with Gasteiger partial charge in [-0.3, -0.25) is 9.69 Å². The number of nitrogens with zero attached hydrogens (tertiary/aromatic N) is 6. The Kier molecular flexibility index (Phi) is 5.82. The number of likely N-dealkylation sites (N-methyl/N-ethyl adjacent to an activating group) is 1. The average molecular weight is 436 g/mol. The lowest BCUT2D eigenvalue weighted by molar-refractivity contribution is 0.119. The molecule has 1 saturated heterocycles. The van der Waals surface area contributed by atoms with Crippen LogP contribution in [-0.4, -0.2) is 68.2 Å². The van der Waals surface area contributed by atoms with Crippen molar-refractivity contribution >= 4 is 10.9 Å². The van der Waals surface area contributed by atoms with Crippen molar-refractivity contribution in [3.05, 3.63) is 51.1 Å². The van der Waals surface area contributed by atoms with Gasteiger partial charge in [-0.15, -0.1) is 5.10 Å². The molecule has 0 bridgehead atoms. The maximum absolute atomic E-state index is 13.5. The number of H-pyrrole nitrogens is 1. The van der Waals surface area contributed by atoms with Crippen molar-refractivity contribution in [3.63, 3.8) is 0 Å². The number of hydrogen-bond donors (Lipinski definition) is 1. The largest absolute Gasteiger partial charge is 0.321 e. The van der Waals surface area contributed by atoms with E-state index >= 15 is 0 Å².